The largest absolute Gasteiger partial charge is 0.367 e. The van der Waals surface area contributed by atoms with Crippen molar-refractivity contribution >= 4 is 34.5 Å². The van der Waals surface area contributed by atoms with Gasteiger partial charge in [0.25, 0.3) is 11.8 Å². The highest BCUT2D eigenvalue weighted by Gasteiger charge is 2.20. The number of benzene rings is 2. The smallest absolute Gasteiger partial charge is 0.286 e. The van der Waals surface area contributed by atoms with Gasteiger partial charge in [-0.25, -0.2) is 4.39 Å². The van der Waals surface area contributed by atoms with Crippen molar-refractivity contribution in [1.29, 1.82) is 0 Å². The van der Waals surface area contributed by atoms with Crippen molar-refractivity contribution in [2.24, 2.45) is 0 Å². The summed E-state index contributed by atoms with van der Waals surface area (Å²) in [6.45, 7) is 4.57. The summed E-state index contributed by atoms with van der Waals surface area (Å²) in [6.07, 6.45) is 0.783. The lowest BCUT2D eigenvalue weighted by molar-refractivity contribution is 0.0949. The third-order valence-electron chi connectivity index (χ3n) is 5.35. The van der Waals surface area contributed by atoms with Crippen LogP contribution in [0.5, 0.6) is 0 Å². The van der Waals surface area contributed by atoms with E-state index in [1.807, 2.05) is 30.3 Å². The number of para-hydroxylation sites is 2. The molecule has 2 aromatic carbocycles. The number of rotatable bonds is 8. The third-order valence-corrected chi connectivity index (χ3v) is 6.27. The maximum atomic E-state index is 14.0. The topological polar surface area (TPSA) is 90.5 Å². The van der Waals surface area contributed by atoms with Gasteiger partial charge in [0.1, 0.15) is 5.82 Å². The molecule has 2 N–H and O–H groups in total. The summed E-state index contributed by atoms with van der Waals surface area (Å²) in [7, 11) is 0. The van der Waals surface area contributed by atoms with Crippen molar-refractivity contribution in [1.82, 2.24) is 20.4 Å². The fourth-order valence-electron chi connectivity index (χ4n) is 3.61. The summed E-state index contributed by atoms with van der Waals surface area (Å²) in [5.74, 6) is -0.922. The van der Waals surface area contributed by atoms with E-state index in [4.69, 9.17) is 0 Å². The Morgan fingerprint density at radius 1 is 0.909 bits per heavy atom. The molecule has 2 amide bonds. The van der Waals surface area contributed by atoms with Gasteiger partial charge in [-0.15, -0.1) is 10.2 Å². The molecule has 0 spiro atoms. The number of halogens is 1. The van der Waals surface area contributed by atoms with Crippen LogP contribution in [0.1, 0.15) is 26.0 Å². The van der Waals surface area contributed by atoms with Gasteiger partial charge in [-0.2, -0.15) is 0 Å². The standard InChI is InChI=1S/C23H25FN6O2S/c24-18-9-4-5-10-19(18)30-15-13-29(14-16-30)12-6-11-25-20(31)22-27-28-23(33-22)21(32)26-17-7-2-1-3-8-17/h1-5,7-10H,6,11-16H2,(H,25,31)(H,26,32). The van der Waals surface area contributed by atoms with Crippen LogP contribution < -0.4 is 15.5 Å². The Hall–Kier alpha value is -3.37. The second kappa shape index (κ2) is 11.0. The molecule has 0 aliphatic carbocycles. The average molecular weight is 469 g/mol. The van der Waals surface area contributed by atoms with E-state index in [2.05, 4.69) is 30.6 Å². The number of hydrogen-bond acceptors (Lipinski definition) is 7. The van der Waals surface area contributed by atoms with Crippen LogP contribution in [-0.4, -0.2) is 66.2 Å². The van der Waals surface area contributed by atoms with Gasteiger partial charge in [0.05, 0.1) is 5.69 Å². The second-order valence-electron chi connectivity index (χ2n) is 7.62. The van der Waals surface area contributed by atoms with E-state index in [1.165, 1.54) is 6.07 Å². The highest BCUT2D eigenvalue weighted by Crippen LogP contribution is 2.20. The van der Waals surface area contributed by atoms with Crippen molar-refractivity contribution in [3.63, 3.8) is 0 Å². The molecule has 1 aliphatic heterocycles. The zero-order valence-electron chi connectivity index (χ0n) is 18.0. The number of carbonyl (C=O) groups excluding carboxylic acids is 2. The number of carbonyl (C=O) groups is 2. The van der Waals surface area contributed by atoms with E-state index >= 15 is 0 Å². The number of aromatic nitrogens is 2. The Morgan fingerprint density at radius 3 is 2.30 bits per heavy atom. The molecule has 3 aromatic rings. The predicted octanol–water partition coefficient (Wildman–Crippen LogP) is 2.87. The first-order chi connectivity index (χ1) is 16.1. The van der Waals surface area contributed by atoms with E-state index < -0.39 is 5.91 Å². The van der Waals surface area contributed by atoms with Crippen LogP contribution in [0.25, 0.3) is 0 Å². The minimum absolute atomic E-state index is 0.136. The lowest BCUT2D eigenvalue weighted by Crippen LogP contribution is -2.47. The molecular weight excluding hydrogens is 443 g/mol. The number of anilines is 2. The Balaban J connectivity index is 1.16. The highest BCUT2D eigenvalue weighted by atomic mass is 32.1. The molecule has 0 unspecified atom stereocenters. The Kier molecular flexibility index (Phi) is 7.59. The van der Waals surface area contributed by atoms with Gasteiger partial charge in [-0.05, 0) is 37.2 Å². The number of nitrogens with zero attached hydrogens (tertiary/aromatic N) is 4. The highest BCUT2D eigenvalue weighted by molar-refractivity contribution is 7.15. The third kappa shape index (κ3) is 6.11. The molecule has 0 bridgehead atoms. The van der Waals surface area contributed by atoms with Gasteiger partial charge in [-0.1, -0.05) is 41.7 Å². The monoisotopic (exact) mass is 468 g/mol. The van der Waals surface area contributed by atoms with E-state index in [-0.39, 0.29) is 21.7 Å². The van der Waals surface area contributed by atoms with Crippen molar-refractivity contribution in [3.05, 3.63) is 70.4 Å². The first kappa shape index (κ1) is 22.8. The summed E-state index contributed by atoms with van der Waals surface area (Å²) in [5.41, 5.74) is 1.30. The van der Waals surface area contributed by atoms with Crippen LogP contribution in [0.15, 0.2) is 54.6 Å². The summed E-state index contributed by atoms with van der Waals surface area (Å²) in [5, 5.41) is 13.5. The molecule has 172 valence electrons. The van der Waals surface area contributed by atoms with Gasteiger partial charge in [-0.3, -0.25) is 14.5 Å². The molecular formula is C23H25FN6O2S. The van der Waals surface area contributed by atoms with Gasteiger partial charge in [0.2, 0.25) is 10.0 Å². The molecule has 0 saturated carbocycles. The van der Waals surface area contributed by atoms with Crippen molar-refractivity contribution in [2.75, 3.05) is 49.5 Å². The Bertz CT molecular complexity index is 1090. The predicted molar refractivity (Wildman–Crippen MR) is 126 cm³/mol. The SMILES string of the molecule is O=C(NCCCN1CCN(c2ccccc2F)CC1)c1nnc(C(=O)Nc2ccccc2)s1. The Morgan fingerprint density at radius 2 is 1.58 bits per heavy atom. The number of piperazine rings is 1. The molecule has 0 atom stereocenters. The molecule has 33 heavy (non-hydrogen) atoms. The van der Waals surface area contributed by atoms with Crippen LogP contribution in [0.3, 0.4) is 0 Å². The van der Waals surface area contributed by atoms with Crippen molar-refractivity contribution in [3.8, 4) is 0 Å². The first-order valence-electron chi connectivity index (χ1n) is 10.8. The molecule has 10 heteroatoms. The van der Waals surface area contributed by atoms with Crippen LogP contribution in [-0.2, 0) is 0 Å². The van der Waals surface area contributed by atoms with E-state index in [1.54, 1.807) is 18.2 Å². The molecule has 0 radical (unpaired) electrons. The van der Waals surface area contributed by atoms with Crippen molar-refractivity contribution < 1.29 is 14.0 Å². The summed E-state index contributed by atoms with van der Waals surface area (Å²) >= 11 is 0.961. The van der Waals surface area contributed by atoms with E-state index in [9.17, 15) is 14.0 Å². The van der Waals surface area contributed by atoms with Crippen LogP contribution >= 0.6 is 11.3 Å². The fraction of sp³-hybridized carbons (Fsp3) is 0.304. The van der Waals surface area contributed by atoms with Crippen LogP contribution in [0, 0.1) is 5.82 Å². The molecule has 1 aromatic heterocycles. The molecule has 2 heterocycles. The maximum absolute atomic E-state index is 14.0. The zero-order valence-corrected chi connectivity index (χ0v) is 18.9. The molecule has 1 aliphatic rings. The second-order valence-corrected chi connectivity index (χ2v) is 8.60. The number of nitrogens with one attached hydrogen (secondary N) is 2. The number of amides is 2. The van der Waals surface area contributed by atoms with E-state index in [0.717, 1.165) is 50.5 Å². The zero-order chi connectivity index (χ0) is 23.0. The number of hydrogen-bond donors (Lipinski definition) is 2. The van der Waals surface area contributed by atoms with E-state index in [0.29, 0.717) is 17.9 Å². The van der Waals surface area contributed by atoms with Gasteiger partial charge in [0.15, 0.2) is 0 Å². The molecule has 4 rings (SSSR count). The Labute approximate surface area is 195 Å². The summed E-state index contributed by atoms with van der Waals surface area (Å²) in [4.78, 5) is 29.0. The fourth-order valence-corrected chi connectivity index (χ4v) is 4.27. The van der Waals surface area contributed by atoms with Gasteiger partial charge < -0.3 is 15.5 Å². The quantitative estimate of drug-likeness (QED) is 0.494. The maximum Gasteiger partial charge on any atom is 0.286 e. The van der Waals surface area contributed by atoms with Crippen LogP contribution in [0.4, 0.5) is 15.8 Å². The van der Waals surface area contributed by atoms with Crippen molar-refractivity contribution in [2.45, 2.75) is 6.42 Å². The van der Waals surface area contributed by atoms with Gasteiger partial charge >= 0.3 is 0 Å². The normalized spacial score (nSPS) is 14.2. The summed E-state index contributed by atoms with van der Waals surface area (Å²) in [6, 6.07) is 15.9. The molecule has 8 nitrogen and oxygen atoms in total. The molecule has 1 saturated heterocycles. The van der Waals surface area contributed by atoms with Gasteiger partial charge in [0, 0.05) is 38.4 Å². The first-order valence-corrected chi connectivity index (χ1v) is 11.6. The average Bonchev–Trinajstić information content (AvgIpc) is 3.34. The minimum atomic E-state index is -0.396. The lowest BCUT2D eigenvalue weighted by Gasteiger charge is -2.36. The summed E-state index contributed by atoms with van der Waals surface area (Å²) < 4.78 is 14.0. The molecule has 1 fully saturated rings. The lowest BCUT2D eigenvalue weighted by atomic mass is 10.2. The minimum Gasteiger partial charge on any atom is -0.367 e. The van der Waals surface area contributed by atoms with Crippen LogP contribution in [0.2, 0.25) is 0 Å².